The summed E-state index contributed by atoms with van der Waals surface area (Å²) in [4.78, 5) is 30.8. The van der Waals surface area contributed by atoms with Crippen LogP contribution in [0.1, 0.15) is 68.1 Å². The molecule has 5 rings (SSSR count). The highest BCUT2D eigenvalue weighted by Gasteiger charge is 2.36. The van der Waals surface area contributed by atoms with Crippen LogP contribution in [-0.2, 0) is 16.0 Å². The van der Waals surface area contributed by atoms with Crippen LogP contribution in [0.25, 0.3) is 11.0 Å². The number of hydrogen-bond acceptors (Lipinski definition) is 6. The molecule has 12 heteroatoms. The van der Waals surface area contributed by atoms with Crippen LogP contribution in [0.3, 0.4) is 0 Å². The van der Waals surface area contributed by atoms with Crippen LogP contribution < -0.4 is 9.64 Å². The third-order valence-corrected chi connectivity index (χ3v) is 7.94. The van der Waals surface area contributed by atoms with Crippen molar-refractivity contribution in [2.75, 3.05) is 12.0 Å². The molecule has 4 atom stereocenters. The first-order valence-corrected chi connectivity index (χ1v) is 13.2. The number of carbonyl (C=O) groups excluding carboxylic acids is 1. The van der Waals surface area contributed by atoms with Crippen molar-refractivity contribution in [3.8, 4) is 5.75 Å². The van der Waals surface area contributed by atoms with E-state index in [2.05, 4.69) is 4.74 Å². The van der Waals surface area contributed by atoms with Crippen molar-refractivity contribution < 1.29 is 42.4 Å². The van der Waals surface area contributed by atoms with E-state index < -0.39 is 42.3 Å². The minimum absolute atomic E-state index is 0.0485. The maximum Gasteiger partial charge on any atom is 0.414 e. The lowest BCUT2D eigenvalue weighted by Crippen LogP contribution is -2.42. The minimum Gasteiger partial charge on any atom is -0.481 e. The van der Waals surface area contributed by atoms with Gasteiger partial charge in [-0.05, 0) is 69.4 Å². The monoisotopic (exact) mass is 561 g/mol. The lowest BCUT2D eigenvalue weighted by Gasteiger charge is -2.34. The molecule has 2 unspecified atom stereocenters. The minimum atomic E-state index is -3.21. The van der Waals surface area contributed by atoms with Crippen LogP contribution in [0.15, 0.2) is 30.3 Å². The van der Waals surface area contributed by atoms with Gasteiger partial charge >= 0.3 is 18.7 Å². The number of aliphatic carboxylic acids is 1. The number of carbonyl (C=O) groups is 2. The van der Waals surface area contributed by atoms with Crippen molar-refractivity contribution in [2.24, 2.45) is 5.92 Å². The summed E-state index contributed by atoms with van der Waals surface area (Å²) in [5.41, 5.74) is 2.18. The van der Waals surface area contributed by atoms with Gasteiger partial charge in [0.15, 0.2) is 0 Å². The van der Waals surface area contributed by atoms with E-state index in [1.165, 1.54) is 12.0 Å². The summed E-state index contributed by atoms with van der Waals surface area (Å²) in [5, 5.41) is 21.3. The zero-order chi connectivity index (χ0) is 28.7. The number of amides is 1. The Hall–Kier alpha value is -3.80. The average molecular weight is 562 g/mol. The summed E-state index contributed by atoms with van der Waals surface area (Å²) in [6.45, 7) is -1.30. The second kappa shape index (κ2) is 11.0. The van der Waals surface area contributed by atoms with E-state index in [9.17, 15) is 33.0 Å². The lowest BCUT2D eigenvalue weighted by atomic mass is 9.85. The Bertz CT molecular complexity index is 1440. The molecule has 2 aliphatic rings. The first-order valence-electron chi connectivity index (χ1n) is 13.2. The quantitative estimate of drug-likeness (QED) is 0.404. The van der Waals surface area contributed by atoms with Gasteiger partial charge in [0.2, 0.25) is 0 Å². The van der Waals surface area contributed by atoms with Crippen molar-refractivity contribution in [1.29, 1.82) is 0 Å². The predicted molar refractivity (Wildman–Crippen MR) is 138 cm³/mol. The van der Waals surface area contributed by atoms with Crippen LogP contribution in [0.5, 0.6) is 5.75 Å². The number of ether oxygens (including phenoxy) is 2. The van der Waals surface area contributed by atoms with Crippen molar-refractivity contribution in [3.05, 3.63) is 53.1 Å². The van der Waals surface area contributed by atoms with E-state index in [-0.39, 0.29) is 29.9 Å². The largest absolute Gasteiger partial charge is 0.481 e. The number of methoxy groups -OCH3 is 1. The number of alkyl halides is 2. The SMILES string of the molecule is COC(=O)N1c2ccc3c(nc([C@@H](O)c4cc(F)ccc4OC(F)F)n3C3CCCC(C(=O)O)C3)c2CC[C@@H]1C. The van der Waals surface area contributed by atoms with Crippen molar-refractivity contribution >= 4 is 28.8 Å². The third kappa shape index (κ3) is 4.96. The van der Waals surface area contributed by atoms with Gasteiger partial charge in [-0.3, -0.25) is 9.69 Å². The van der Waals surface area contributed by atoms with Crippen molar-refractivity contribution in [1.82, 2.24) is 9.55 Å². The molecule has 2 N–H and O–H groups in total. The number of carboxylic acids is 1. The number of aryl methyl sites for hydroxylation is 1. The molecule has 1 aliphatic carbocycles. The lowest BCUT2D eigenvalue weighted by molar-refractivity contribution is -0.143. The Balaban J connectivity index is 1.71. The van der Waals surface area contributed by atoms with Crippen molar-refractivity contribution in [2.45, 2.75) is 70.2 Å². The number of benzene rings is 2. The maximum absolute atomic E-state index is 14.3. The van der Waals surface area contributed by atoms with E-state index in [1.54, 1.807) is 16.7 Å². The highest BCUT2D eigenvalue weighted by Crippen LogP contribution is 2.43. The molecular weight excluding hydrogens is 531 g/mol. The van der Waals surface area contributed by atoms with E-state index in [0.717, 1.165) is 23.8 Å². The fraction of sp³-hybridized carbons (Fsp3) is 0.464. The van der Waals surface area contributed by atoms with Gasteiger partial charge in [-0.15, -0.1) is 0 Å². The predicted octanol–water partition coefficient (Wildman–Crippen LogP) is 5.58. The molecule has 214 valence electrons. The molecule has 0 saturated heterocycles. The van der Waals surface area contributed by atoms with Crippen LogP contribution >= 0.6 is 0 Å². The maximum atomic E-state index is 14.3. The zero-order valence-corrected chi connectivity index (χ0v) is 22.0. The molecule has 1 aromatic heterocycles. The number of aliphatic hydroxyl groups excluding tert-OH is 1. The number of hydrogen-bond donors (Lipinski definition) is 2. The van der Waals surface area contributed by atoms with Crippen LogP contribution in [0.2, 0.25) is 0 Å². The van der Waals surface area contributed by atoms with Gasteiger partial charge < -0.3 is 24.3 Å². The first kappa shape index (κ1) is 27.8. The number of halogens is 3. The molecule has 1 fully saturated rings. The van der Waals surface area contributed by atoms with Crippen molar-refractivity contribution in [3.63, 3.8) is 0 Å². The zero-order valence-electron chi connectivity index (χ0n) is 22.0. The second-order valence-corrected chi connectivity index (χ2v) is 10.3. The fourth-order valence-electron chi connectivity index (χ4n) is 6.07. The standard InChI is InChI=1S/C28H30F3N3O6/c1-14-6-8-18-20(33(14)28(38)39-2)9-10-21-23(18)32-25(34(21)17-5-3-4-15(12-17)26(36)37)24(35)19-13-16(29)7-11-22(19)40-27(30)31/h7,9-11,13-15,17,24,27,35H,3-6,8,12H2,1-2H3,(H,36,37)/t14-,15?,17?,24-/m0/s1. The van der Waals surface area contributed by atoms with E-state index >= 15 is 0 Å². The smallest absolute Gasteiger partial charge is 0.414 e. The molecule has 1 saturated carbocycles. The summed E-state index contributed by atoms with van der Waals surface area (Å²) in [7, 11) is 1.30. The molecule has 1 amide bonds. The van der Waals surface area contributed by atoms with Gasteiger partial charge in [0.05, 0.1) is 29.7 Å². The molecule has 3 aromatic rings. The Kier molecular flexibility index (Phi) is 7.63. The van der Waals surface area contributed by atoms with E-state index in [0.29, 0.717) is 48.8 Å². The van der Waals surface area contributed by atoms with Gasteiger partial charge in [0.25, 0.3) is 0 Å². The molecule has 1 aliphatic heterocycles. The number of aromatic nitrogens is 2. The number of nitrogens with zero attached hydrogens (tertiary/aromatic N) is 3. The van der Waals surface area contributed by atoms with Crippen LogP contribution in [-0.4, -0.2) is 51.6 Å². The average Bonchev–Trinajstić information content (AvgIpc) is 3.33. The molecule has 0 radical (unpaired) electrons. The Morgan fingerprint density at radius 1 is 1.15 bits per heavy atom. The number of fused-ring (bicyclic) bond motifs is 3. The second-order valence-electron chi connectivity index (χ2n) is 10.3. The van der Waals surface area contributed by atoms with Gasteiger partial charge in [-0.2, -0.15) is 8.78 Å². The summed E-state index contributed by atoms with van der Waals surface area (Å²) in [6, 6.07) is 5.89. The van der Waals surface area contributed by atoms with E-state index in [1.807, 2.05) is 6.92 Å². The van der Waals surface area contributed by atoms with E-state index in [4.69, 9.17) is 9.72 Å². The topological polar surface area (TPSA) is 114 Å². The number of rotatable bonds is 6. The van der Waals surface area contributed by atoms with Gasteiger partial charge in [-0.1, -0.05) is 6.42 Å². The number of carboxylic acid groups (broad SMARTS) is 1. The Morgan fingerprint density at radius 2 is 1.93 bits per heavy atom. The molecule has 0 spiro atoms. The molecule has 2 aromatic carbocycles. The molecular formula is C28H30F3N3O6. The summed E-state index contributed by atoms with van der Waals surface area (Å²) in [6.07, 6.45) is 0.980. The summed E-state index contributed by atoms with van der Waals surface area (Å²) in [5.74, 6) is -2.65. The summed E-state index contributed by atoms with van der Waals surface area (Å²) >= 11 is 0. The normalized spacial score (nSPS) is 21.8. The number of aliphatic hydroxyl groups is 1. The summed E-state index contributed by atoms with van der Waals surface area (Å²) < 4.78 is 51.9. The molecule has 2 heterocycles. The molecule has 40 heavy (non-hydrogen) atoms. The first-order chi connectivity index (χ1) is 19.1. The van der Waals surface area contributed by atoms with Gasteiger partial charge in [0.1, 0.15) is 23.5 Å². The van der Waals surface area contributed by atoms with Gasteiger partial charge in [-0.25, -0.2) is 14.2 Å². The third-order valence-electron chi connectivity index (χ3n) is 7.94. The van der Waals surface area contributed by atoms with Crippen LogP contribution in [0.4, 0.5) is 23.7 Å². The number of anilines is 1. The molecule has 0 bridgehead atoms. The Morgan fingerprint density at radius 3 is 2.62 bits per heavy atom. The Labute approximate surface area is 228 Å². The van der Waals surface area contributed by atoms with Gasteiger partial charge in [0, 0.05) is 23.2 Å². The highest BCUT2D eigenvalue weighted by atomic mass is 19.3. The molecule has 9 nitrogen and oxygen atoms in total. The fourth-order valence-corrected chi connectivity index (χ4v) is 6.07. The number of imidazole rings is 1. The highest BCUT2D eigenvalue weighted by molar-refractivity contribution is 5.95. The van der Waals surface area contributed by atoms with Crippen LogP contribution in [0, 0.1) is 11.7 Å².